The third-order valence-electron chi connectivity index (χ3n) is 8.65. The minimum Gasteiger partial charge on any atom is -0.481 e. The summed E-state index contributed by atoms with van der Waals surface area (Å²) in [5, 5.41) is 13.6. The first-order valence-electron chi connectivity index (χ1n) is 12.3. The number of aryl methyl sites for hydroxylation is 1. The maximum absolute atomic E-state index is 13.4. The van der Waals surface area contributed by atoms with Crippen molar-refractivity contribution in [3.63, 3.8) is 0 Å². The Bertz CT molecular complexity index is 1060. The summed E-state index contributed by atoms with van der Waals surface area (Å²) in [6.45, 7) is 6.69. The lowest BCUT2D eigenvalue weighted by Gasteiger charge is -2.71. The first-order chi connectivity index (χ1) is 15.9. The maximum Gasteiger partial charge on any atom is 0.322 e. The van der Waals surface area contributed by atoms with Gasteiger partial charge < -0.3 is 15.2 Å². The third-order valence-corrected chi connectivity index (χ3v) is 9.00. The summed E-state index contributed by atoms with van der Waals surface area (Å²) in [6.07, 6.45) is 7.93. The van der Waals surface area contributed by atoms with Crippen LogP contribution in [0.3, 0.4) is 0 Å². The van der Waals surface area contributed by atoms with E-state index in [1.807, 2.05) is 12.3 Å². The van der Waals surface area contributed by atoms with Crippen molar-refractivity contribution in [2.24, 2.45) is 10.8 Å². The highest BCUT2D eigenvalue weighted by Gasteiger charge is 2.75. The van der Waals surface area contributed by atoms with Gasteiger partial charge in [0, 0.05) is 18.3 Å². The minimum atomic E-state index is -0.743. The number of benzene rings is 1. The van der Waals surface area contributed by atoms with Crippen molar-refractivity contribution in [1.29, 1.82) is 0 Å². The van der Waals surface area contributed by atoms with Crippen LogP contribution in [-0.2, 0) is 21.5 Å². The van der Waals surface area contributed by atoms with Crippen LogP contribution in [-0.4, -0.2) is 40.8 Å². The van der Waals surface area contributed by atoms with Crippen molar-refractivity contribution in [3.05, 3.63) is 46.1 Å². The van der Waals surface area contributed by atoms with Crippen molar-refractivity contribution < 1.29 is 19.4 Å². The smallest absolute Gasteiger partial charge is 0.322 e. The number of halogens is 1. The van der Waals surface area contributed by atoms with E-state index >= 15 is 0 Å². The lowest BCUT2D eigenvalue weighted by atomic mass is 9.38. The molecule has 0 spiro atoms. The average molecular weight is 487 g/mol. The molecular weight excluding hydrogens is 452 g/mol. The van der Waals surface area contributed by atoms with E-state index in [9.17, 15) is 14.7 Å². The molecule has 2 amide bonds. The number of urea groups is 1. The van der Waals surface area contributed by atoms with Crippen molar-refractivity contribution in [3.8, 4) is 0 Å². The molecule has 184 valence electrons. The summed E-state index contributed by atoms with van der Waals surface area (Å²) in [4.78, 5) is 26.8. The highest BCUT2D eigenvalue weighted by atomic mass is 35.5. The fourth-order valence-corrected chi connectivity index (χ4v) is 6.79. The number of nitrogens with one attached hydrogen (secondary N) is 1. The van der Waals surface area contributed by atoms with Gasteiger partial charge in [-0.25, -0.2) is 4.79 Å². The number of amides is 2. The molecule has 0 saturated heterocycles. The fraction of sp³-hybridized carbons (Fsp3) is 0.630. The number of rotatable bonds is 6. The molecule has 0 aromatic heterocycles. The van der Waals surface area contributed by atoms with Crippen molar-refractivity contribution in [2.45, 2.75) is 89.3 Å². The molecule has 2 atom stereocenters. The van der Waals surface area contributed by atoms with Gasteiger partial charge in [-0.1, -0.05) is 44.5 Å². The quantitative estimate of drug-likeness (QED) is 0.546. The van der Waals surface area contributed by atoms with Crippen LogP contribution in [0.2, 0.25) is 5.02 Å². The van der Waals surface area contributed by atoms with Crippen LogP contribution in [0.15, 0.2) is 30.0 Å². The predicted octanol–water partition coefficient (Wildman–Crippen LogP) is 5.63. The van der Waals surface area contributed by atoms with E-state index in [0.717, 1.165) is 53.8 Å². The molecule has 4 aliphatic carbocycles. The van der Waals surface area contributed by atoms with Crippen molar-refractivity contribution in [1.82, 2.24) is 10.2 Å². The van der Waals surface area contributed by atoms with Crippen LogP contribution < -0.4 is 5.32 Å². The molecule has 0 radical (unpaired) electrons. The van der Waals surface area contributed by atoms with E-state index in [1.54, 1.807) is 12.0 Å². The number of hydrogen-bond acceptors (Lipinski definition) is 3. The first kappa shape index (κ1) is 23.7. The summed E-state index contributed by atoms with van der Waals surface area (Å²) in [5.74, 6) is -0.743. The number of hydrogen-bond donors (Lipinski definition) is 2. The molecule has 2 bridgehead atoms. The van der Waals surface area contributed by atoms with E-state index in [-0.39, 0.29) is 23.1 Å². The predicted molar refractivity (Wildman–Crippen MR) is 131 cm³/mol. The standard InChI is InChI=1S/C27H35ClN2O4/c1-24(2,3)9-7-17-5-6-18(12-21(17)28)27-10-8-20(34-4)11-19(27)13-30(23(33)29-27)26-14-25(15-26,16-26)22(31)32/h5-6,12-13,20H,7-11,14-16H2,1-4H3,(H,29,33)(H,31,32). The van der Waals surface area contributed by atoms with Gasteiger partial charge >= 0.3 is 12.0 Å². The highest BCUT2D eigenvalue weighted by Crippen LogP contribution is 2.70. The maximum atomic E-state index is 13.4. The SMILES string of the molecule is COC1CCC2(c3ccc(CCC(C)(C)C)c(Cl)c3)NC(=O)N(C34CC(C(=O)O)(C3)C4)C=C2C1. The number of carboxylic acid groups (broad SMARTS) is 1. The average Bonchev–Trinajstić information content (AvgIpc) is 2.70. The van der Waals surface area contributed by atoms with Gasteiger partial charge in [-0.2, -0.15) is 0 Å². The van der Waals surface area contributed by atoms with E-state index in [2.05, 4.69) is 38.2 Å². The molecule has 6 nitrogen and oxygen atoms in total. The third kappa shape index (κ3) is 3.56. The second-order valence-electron chi connectivity index (χ2n) is 12.2. The second kappa shape index (κ2) is 7.72. The van der Waals surface area contributed by atoms with Crippen LogP contribution in [0.1, 0.15) is 76.8 Å². The number of carbonyl (C=O) groups excluding carboxylic acids is 1. The van der Waals surface area contributed by atoms with Gasteiger partial charge in [-0.15, -0.1) is 0 Å². The van der Waals surface area contributed by atoms with Gasteiger partial charge in [0.25, 0.3) is 0 Å². The molecule has 6 rings (SSSR count). The molecule has 1 aromatic carbocycles. The minimum absolute atomic E-state index is 0.0937. The summed E-state index contributed by atoms with van der Waals surface area (Å²) >= 11 is 6.76. The first-order valence-corrected chi connectivity index (χ1v) is 12.7. The molecule has 4 fully saturated rings. The Kier molecular flexibility index (Phi) is 5.38. The number of fused-ring (bicyclic) bond motifs is 1. The molecule has 1 heterocycles. The number of carboxylic acids is 1. The molecule has 5 aliphatic rings. The van der Waals surface area contributed by atoms with Crippen LogP contribution in [0, 0.1) is 10.8 Å². The zero-order chi connectivity index (χ0) is 24.5. The Morgan fingerprint density at radius 3 is 2.59 bits per heavy atom. The molecular formula is C27H35ClN2O4. The van der Waals surface area contributed by atoms with Crippen LogP contribution in [0.5, 0.6) is 0 Å². The molecule has 1 aromatic rings. The number of nitrogens with zero attached hydrogens (tertiary/aromatic N) is 1. The zero-order valence-electron chi connectivity index (χ0n) is 20.5. The highest BCUT2D eigenvalue weighted by molar-refractivity contribution is 6.31. The molecule has 2 unspecified atom stereocenters. The summed E-state index contributed by atoms with van der Waals surface area (Å²) in [6, 6.07) is 6.10. The largest absolute Gasteiger partial charge is 0.481 e. The van der Waals surface area contributed by atoms with E-state index in [4.69, 9.17) is 16.3 Å². The fourth-order valence-electron chi connectivity index (χ4n) is 6.52. The number of aliphatic carboxylic acids is 1. The molecule has 7 heteroatoms. The summed E-state index contributed by atoms with van der Waals surface area (Å²) in [7, 11) is 1.73. The zero-order valence-corrected chi connectivity index (χ0v) is 21.3. The second-order valence-corrected chi connectivity index (χ2v) is 12.6. The number of ether oxygens (including phenoxy) is 1. The normalized spacial score (nSPS) is 34.4. The number of methoxy groups -OCH3 is 1. The lowest BCUT2D eigenvalue weighted by molar-refractivity contribution is -0.215. The lowest BCUT2D eigenvalue weighted by Crippen LogP contribution is -2.78. The van der Waals surface area contributed by atoms with Crippen molar-refractivity contribution >= 4 is 23.6 Å². The van der Waals surface area contributed by atoms with Gasteiger partial charge in [0.15, 0.2) is 0 Å². The van der Waals surface area contributed by atoms with Gasteiger partial charge in [0.05, 0.1) is 22.6 Å². The van der Waals surface area contributed by atoms with E-state index < -0.39 is 16.9 Å². The van der Waals surface area contributed by atoms with Gasteiger partial charge in [0.2, 0.25) is 0 Å². The Morgan fingerprint density at radius 1 is 1.29 bits per heavy atom. The molecule has 1 aliphatic heterocycles. The van der Waals surface area contributed by atoms with Gasteiger partial charge in [-0.3, -0.25) is 9.69 Å². The van der Waals surface area contributed by atoms with Crippen molar-refractivity contribution in [2.75, 3.05) is 7.11 Å². The monoisotopic (exact) mass is 486 g/mol. The Morgan fingerprint density at radius 2 is 2.00 bits per heavy atom. The van der Waals surface area contributed by atoms with E-state index in [0.29, 0.717) is 19.3 Å². The topological polar surface area (TPSA) is 78.9 Å². The Labute approximate surface area is 206 Å². The molecule has 4 saturated carbocycles. The van der Waals surface area contributed by atoms with Crippen LogP contribution in [0.25, 0.3) is 0 Å². The Balaban J connectivity index is 1.46. The Hall–Kier alpha value is -2.05. The summed E-state index contributed by atoms with van der Waals surface area (Å²) < 4.78 is 5.70. The van der Waals surface area contributed by atoms with E-state index in [1.165, 1.54) is 0 Å². The van der Waals surface area contributed by atoms with Gasteiger partial charge in [-0.05, 0) is 79.5 Å². The van der Waals surface area contributed by atoms with Crippen LogP contribution >= 0.6 is 11.6 Å². The molecule has 34 heavy (non-hydrogen) atoms. The number of carbonyl (C=O) groups is 2. The molecule has 2 N–H and O–H groups in total. The van der Waals surface area contributed by atoms with Crippen LogP contribution in [0.4, 0.5) is 4.79 Å². The van der Waals surface area contributed by atoms with Gasteiger partial charge in [0.1, 0.15) is 0 Å². The summed E-state index contributed by atoms with van der Waals surface area (Å²) in [5.41, 5.74) is 1.87.